The number of nitrogens with one attached hydrogen (secondary N) is 1. The Hall–Kier alpha value is -3.15. The number of aliphatic carboxylic acids is 1. The Morgan fingerprint density at radius 2 is 1.86 bits per heavy atom. The monoisotopic (exact) mass is 383 g/mol. The molecule has 0 fully saturated rings. The zero-order chi connectivity index (χ0) is 20.5. The van der Waals surface area contributed by atoms with Gasteiger partial charge < -0.3 is 15.2 Å². The Labute approximate surface area is 164 Å². The van der Waals surface area contributed by atoms with Crippen LogP contribution in [-0.2, 0) is 9.59 Å². The van der Waals surface area contributed by atoms with Crippen LogP contribution in [0.4, 0.5) is 0 Å². The number of carbonyl (C=O) groups excluding carboxylic acids is 2. The molecule has 0 aliphatic carbocycles. The predicted molar refractivity (Wildman–Crippen MR) is 105 cm³/mol. The van der Waals surface area contributed by atoms with Crippen LogP contribution in [0.5, 0.6) is 5.75 Å². The number of carbonyl (C=O) groups is 3. The van der Waals surface area contributed by atoms with Crippen LogP contribution < -0.4 is 10.1 Å². The van der Waals surface area contributed by atoms with Gasteiger partial charge in [-0.25, -0.2) is 0 Å². The summed E-state index contributed by atoms with van der Waals surface area (Å²) in [5, 5.41) is 12.0. The van der Waals surface area contributed by atoms with E-state index in [4.69, 9.17) is 9.84 Å². The molecule has 2 aromatic carbocycles. The average Bonchev–Trinajstić information content (AvgIpc) is 2.65. The first-order chi connectivity index (χ1) is 13.4. The van der Waals surface area contributed by atoms with Gasteiger partial charge in [0, 0.05) is 12.0 Å². The normalized spacial score (nSPS) is 11.5. The Balaban J connectivity index is 1.86. The highest BCUT2D eigenvalue weighted by Crippen LogP contribution is 2.21. The van der Waals surface area contributed by atoms with Crippen molar-refractivity contribution < 1.29 is 24.2 Å². The number of hydrogen-bond acceptors (Lipinski definition) is 4. The SMILES string of the molecule is CC(=O)c1cccc(OCCCC(=O)NC(CC(=O)O)c2ccccc2C)c1. The van der Waals surface area contributed by atoms with Crippen molar-refractivity contribution in [2.45, 2.75) is 39.2 Å². The molecular weight excluding hydrogens is 358 g/mol. The third-order valence-corrected chi connectivity index (χ3v) is 4.34. The number of carboxylic acid groups (broad SMARTS) is 1. The molecule has 0 spiro atoms. The highest BCUT2D eigenvalue weighted by atomic mass is 16.5. The molecule has 2 aromatic rings. The quantitative estimate of drug-likeness (QED) is 0.482. The van der Waals surface area contributed by atoms with Crippen LogP contribution in [0, 0.1) is 6.92 Å². The molecule has 0 saturated heterocycles. The van der Waals surface area contributed by atoms with Gasteiger partial charge in [0.1, 0.15) is 5.75 Å². The number of amides is 1. The second-order valence-electron chi connectivity index (χ2n) is 6.61. The lowest BCUT2D eigenvalue weighted by Crippen LogP contribution is -2.30. The Kier molecular flexibility index (Phi) is 7.75. The van der Waals surface area contributed by atoms with Gasteiger partial charge >= 0.3 is 5.97 Å². The van der Waals surface area contributed by atoms with E-state index in [9.17, 15) is 14.4 Å². The molecule has 0 radical (unpaired) electrons. The largest absolute Gasteiger partial charge is 0.494 e. The molecule has 0 bridgehead atoms. The molecule has 0 saturated carbocycles. The standard InChI is InChI=1S/C22H25NO5/c1-15-7-3-4-10-19(15)20(14-22(26)27)23-21(25)11-6-12-28-18-9-5-8-17(13-18)16(2)24/h3-5,7-10,13,20H,6,11-12,14H2,1-2H3,(H,23,25)(H,26,27). The lowest BCUT2D eigenvalue weighted by Gasteiger charge is -2.19. The molecule has 148 valence electrons. The van der Waals surface area contributed by atoms with Gasteiger partial charge in [-0.3, -0.25) is 14.4 Å². The summed E-state index contributed by atoms with van der Waals surface area (Å²) in [7, 11) is 0. The van der Waals surface area contributed by atoms with E-state index in [1.807, 2.05) is 31.2 Å². The van der Waals surface area contributed by atoms with Crippen molar-refractivity contribution in [1.29, 1.82) is 0 Å². The van der Waals surface area contributed by atoms with E-state index >= 15 is 0 Å². The molecule has 0 heterocycles. The van der Waals surface area contributed by atoms with Crippen LogP contribution in [0.25, 0.3) is 0 Å². The van der Waals surface area contributed by atoms with Crippen molar-refractivity contribution in [3.63, 3.8) is 0 Å². The number of ether oxygens (including phenoxy) is 1. The van der Waals surface area contributed by atoms with E-state index in [2.05, 4.69) is 5.32 Å². The molecule has 0 aliphatic rings. The van der Waals surface area contributed by atoms with Crippen LogP contribution in [0.1, 0.15) is 53.7 Å². The Morgan fingerprint density at radius 3 is 2.54 bits per heavy atom. The van der Waals surface area contributed by atoms with E-state index in [0.717, 1.165) is 11.1 Å². The minimum absolute atomic E-state index is 0.0366. The van der Waals surface area contributed by atoms with Crippen LogP contribution in [0.2, 0.25) is 0 Å². The van der Waals surface area contributed by atoms with Gasteiger partial charge in [0.2, 0.25) is 5.91 Å². The van der Waals surface area contributed by atoms with E-state index < -0.39 is 12.0 Å². The van der Waals surface area contributed by atoms with Gasteiger partial charge in [0.25, 0.3) is 0 Å². The first kappa shape index (κ1) is 21.2. The van der Waals surface area contributed by atoms with Gasteiger partial charge in [-0.2, -0.15) is 0 Å². The number of rotatable bonds is 10. The number of benzene rings is 2. The smallest absolute Gasteiger partial charge is 0.305 e. The molecule has 0 aliphatic heterocycles. The summed E-state index contributed by atoms with van der Waals surface area (Å²) in [5.41, 5.74) is 2.31. The predicted octanol–water partition coefficient (Wildman–Crippen LogP) is 3.69. The summed E-state index contributed by atoms with van der Waals surface area (Å²) in [6.07, 6.45) is 0.517. The van der Waals surface area contributed by atoms with Crippen molar-refractivity contribution in [2.24, 2.45) is 0 Å². The van der Waals surface area contributed by atoms with Gasteiger partial charge in [-0.1, -0.05) is 36.4 Å². The topological polar surface area (TPSA) is 92.7 Å². The maximum absolute atomic E-state index is 12.3. The van der Waals surface area contributed by atoms with E-state index in [1.165, 1.54) is 6.92 Å². The van der Waals surface area contributed by atoms with Gasteiger partial charge in [0.05, 0.1) is 19.1 Å². The molecule has 1 atom stereocenters. The van der Waals surface area contributed by atoms with Crippen LogP contribution in [-0.4, -0.2) is 29.4 Å². The summed E-state index contributed by atoms with van der Waals surface area (Å²) in [5.74, 6) is -0.653. The number of ketones is 1. The molecule has 28 heavy (non-hydrogen) atoms. The number of carboxylic acids is 1. The van der Waals surface area contributed by atoms with E-state index in [0.29, 0.717) is 24.3 Å². The molecule has 6 heteroatoms. The fraction of sp³-hybridized carbons (Fsp3) is 0.318. The fourth-order valence-corrected chi connectivity index (χ4v) is 2.89. The second kappa shape index (κ2) is 10.3. The number of Topliss-reactive ketones (excluding diaryl/α,β-unsaturated/α-hetero) is 1. The third kappa shape index (κ3) is 6.54. The average molecular weight is 383 g/mol. The van der Waals surface area contributed by atoms with Gasteiger partial charge in [0.15, 0.2) is 5.78 Å². The van der Waals surface area contributed by atoms with Crippen molar-refractivity contribution in [1.82, 2.24) is 5.32 Å². The van der Waals surface area contributed by atoms with Gasteiger partial charge in [-0.15, -0.1) is 0 Å². The zero-order valence-electron chi connectivity index (χ0n) is 16.1. The minimum atomic E-state index is -0.970. The van der Waals surface area contributed by atoms with Crippen molar-refractivity contribution in [3.8, 4) is 5.75 Å². The van der Waals surface area contributed by atoms with Gasteiger partial charge in [-0.05, 0) is 43.5 Å². The summed E-state index contributed by atoms with van der Waals surface area (Å²) < 4.78 is 5.59. The molecule has 0 aromatic heterocycles. The second-order valence-corrected chi connectivity index (χ2v) is 6.61. The first-order valence-corrected chi connectivity index (χ1v) is 9.17. The van der Waals surface area contributed by atoms with Crippen LogP contribution in [0.3, 0.4) is 0 Å². The van der Waals surface area contributed by atoms with Crippen molar-refractivity contribution in [2.75, 3.05) is 6.61 Å². The molecule has 2 rings (SSSR count). The van der Waals surface area contributed by atoms with Crippen molar-refractivity contribution in [3.05, 3.63) is 65.2 Å². The Bertz CT molecular complexity index is 846. The molecule has 1 unspecified atom stereocenters. The zero-order valence-corrected chi connectivity index (χ0v) is 16.1. The van der Waals surface area contributed by atoms with E-state index in [1.54, 1.807) is 24.3 Å². The highest BCUT2D eigenvalue weighted by Gasteiger charge is 2.19. The van der Waals surface area contributed by atoms with Crippen LogP contribution in [0.15, 0.2) is 48.5 Å². The lowest BCUT2D eigenvalue weighted by atomic mass is 9.98. The summed E-state index contributed by atoms with van der Waals surface area (Å²) >= 11 is 0. The number of hydrogen-bond donors (Lipinski definition) is 2. The lowest BCUT2D eigenvalue weighted by molar-refractivity contribution is -0.137. The third-order valence-electron chi connectivity index (χ3n) is 4.34. The molecule has 1 amide bonds. The van der Waals surface area contributed by atoms with E-state index in [-0.39, 0.29) is 24.5 Å². The number of aryl methyl sites for hydroxylation is 1. The first-order valence-electron chi connectivity index (χ1n) is 9.17. The Morgan fingerprint density at radius 1 is 1.11 bits per heavy atom. The summed E-state index contributed by atoms with van der Waals surface area (Å²) in [6, 6.07) is 13.7. The molecule has 6 nitrogen and oxygen atoms in total. The maximum atomic E-state index is 12.3. The maximum Gasteiger partial charge on any atom is 0.305 e. The summed E-state index contributed by atoms with van der Waals surface area (Å²) in [4.78, 5) is 34.8. The van der Waals surface area contributed by atoms with Crippen LogP contribution >= 0.6 is 0 Å². The fourth-order valence-electron chi connectivity index (χ4n) is 2.89. The summed E-state index contributed by atoms with van der Waals surface area (Å²) in [6.45, 7) is 3.70. The molecular formula is C22H25NO5. The highest BCUT2D eigenvalue weighted by molar-refractivity contribution is 5.94. The minimum Gasteiger partial charge on any atom is -0.494 e. The molecule has 2 N–H and O–H groups in total. The van der Waals surface area contributed by atoms with Crippen molar-refractivity contribution >= 4 is 17.7 Å².